The molecule has 33 heavy (non-hydrogen) atoms. The summed E-state index contributed by atoms with van der Waals surface area (Å²) in [4.78, 5) is 14.1. The molecule has 3 N–H and O–H groups in total. The highest BCUT2D eigenvalue weighted by atomic mass is 79.9. The Labute approximate surface area is 203 Å². The zero-order valence-electron chi connectivity index (χ0n) is 19.0. The summed E-state index contributed by atoms with van der Waals surface area (Å²) in [6, 6.07) is 8.55. The standard InChI is InChI=1S/C22H30BrN7O2S/c1-14(2)30-13-25-19-20(24-12-15-4-6-16(23)7-5-15)27-22(28-21(19)30)26-17-8-10-18(11-9-17)29-33(3,31)32/h4-7,13-14,17-18,29H,8-12H2,1-3H3,(H2,24,26,27,28). The first-order chi connectivity index (χ1) is 15.7. The molecule has 1 saturated carbocycles. The lowest BCUT2D eigenvalue weighted by atomic mass is 9.92. The van der Waals surface area contributed by atoms with Crippen LogP contribution in [0.3, 0.4) is 0 Å². The number of nitrogens with one attached hydrogen (secondary N) is 3. The Morgan fingerprint density at radius 1 is 1.09 bits per heavy atom. The average molecular weight is 537 g/mol. The van der Waals surface area contributed by atoms with Crippen LogP contribution in [0.2, 0.25) is 0 Å². The molecule has 3 aromatic rings. The number of anilines is 2. The van der Waals surface area contributed by atoms with Gasteiger partial charge in [0.1, 0.15) is 0 Å². The Kier molecular flexibility index (Phi) is 7.20. The van der Waals surface area contributed by atoms with Crippen molar-refractivity contribution in [3.05, 3.63) is 40.6 Å². The van der Waals surface area contributed by atoms with Crippen molar-refractivity contribution in [1.82, 2.24) is 24.2 Å². The van der Waals surface area contributed by atoms with Crippen molar-refractivity contribution < 1.29 is 8.42 Å². The van der Waals surface area contributed by atoms with E-state index in [9.17, 15) is 8.42 Å². The molecule has 0 aliphatic heterocycles. The molecule has 2 aromatic heterocycles. The molecule has 0 amide bonds. The third-order valence-corrected chi connectivity index (χ3v) is 7.08. The molecule has 1 aliphatic rings. The van der Waals surface area contributed by atoms with E-state index < -0.39 is 10.0 Å². The van der Waals surface area contributed by atoms with Crippen LogP contribution in [-0.2, 0) is 16.6 Å². The molecule has 0 saturated heterocycles. The van der Waals surface area contributed by atoms with Gasteiger partial charge in [-0.15, -0.1) is 0 Å². The van der Waals surface area contributed by atoms with E-state index in [1.807, 2.05) is 16.7 Å². The molecule has 0 spiro atoms. The summed E-state index contributed by atoms with van der Waals surface area (Å²) in [5.74, 6) is 1.25. The summed E-state index contributed by atoms with van der Waals surface area (Å²) in [6.07, 6.45) is 6.28. The second kappa shape index (κ2) is 9.94. The lowest BCUT2D eigenvalue weighted by Gasteiger charge is -2.29. The number of imidazole rings is 1. The maximum Gasteiger partial charge on any atom is 0.227 e. The van der Waals surface area contributed by atoms with Crippen molar-refractivity contribution in [2.75, 3.05) is 16.9 Å². The molecule has 9 nitrogen and oxygen atoms in total. The van der Waals surface area contributed by atoms with E-state index in [2.05, 4.69) is 62.2 Å². The number of sulfonamides is 1. The topological polar surface area (TPSA) is 114 Å². The van der Waals surface area contributed by atoms with Crippen LogP contribution in [0.15, 0.2) is 35.1 Å². The van der Waals surface area contributed by atoms with Crippen LogP contribution in [0.25, 0.3) is 11.2 Å². The van der Waals surface area contributed by atoms with Crippen LogP contribution in [0.5, 0.6) is 0 Å². The van der Waals surface area contributed by atoms with Gasteiger partial charge in [-0.2, -0.15) is 9.97 Å². The SMILES string of the molecule is CC(C)n1cnc2c(NCc3ccc(Br)cc3)nc(NC3CCC(NS(C)(=O)=O)CC3)nc21. The molecule has 0 radical (unpaired) electrons. The van der Waals surface area contributed by atoms with Gasteiger partial charge in [-0.3, -0.25) is 0 Å². The molecule has 178 valence electrons. The van der Waals surface area contributed by atoms with Crippen molar-refractivity contribution in [2.24, 2.45) is 0 Å². The van der Waals surface area contributed by atoms with E-state index >= 15 is 0 Å². The zero-order valence-corrected chi connectivity index (χ0v) is 21.4. The van der Waals surface area contributed by atoms with E-state index in [4.69, 9.17) is 9.97 Å². The van der Waals surface area contributed by atoms with E-state index in [0.29, 0.717) is 18.3 Å². The number of hydrogen-bond acceptors (Lipinski definition) is 7. The maximum atomic E-state index is 11.5. The van der Waals surface area contributed by atoms with Crippen molar-refractivity contribution in [3.8, 4) is 0 Å². The number of nitrogens with zero attached hydrogens (tertiary/aromatic N) is 4. The average Bonchev–Trinajstić information content (AvgIpc) is 3.18. The Bertz CT molecular complexity index is 1200. The minimum Gasteiger partial charge on any atom is -0.364 e. The van der Waals surface area contributed by atoms with Gasteiger partial charge in [-0.05, 0) is 57.2 Å². The van der Waals surface area contributed by atoms with Crippen molar-refractivity contribution >= 4 is 48.9 Å². The third-order valence-electron chi connectivity index (χ3n) is 5.79. The lowest BCUT2D eigenvalue weighted by molar-refractivity contribution is 0.387. The van der Waals surface area contributed by atoms with Crippen LogP contribution in [0, 0.1) is 0 Å². The largest absolute Gasteiger partial charge is 0.364 e. The number of rotatable bonds is 8. The summed E-state index contributed by atoms with van der Waals surface area (Å²) >= 11 is 3.47. The minimum absolute atomic E-state index is 0.00745. The van der Waals surface area contributed by atoms with E-state index in [-0.39, 0.29) is 18.1 Å². The van der Waals surface area contributed by atoms with Crippen molar-refractivity contribution in [1.29, 1.82) is 0 Å². The minimum atomic E-state index is -3.18. The van der Waals surface area contributed by atoms with E-state index in [1.54, 1.807) is 6.33 Å². The molecule has 1 fully saturated rings. The smallest absolute Gasteiger partial charge is 0.227 e. The molecule has 0 atom stereocenters. The maximum absolute atomic E-state index is 11.5. The second-order valence-corrected chi connectivity index (χ2v) is 11.6. The highest BCUT2D eigenvalue weighted by molar-refractivity contribution is 9.10. The Hall–Kier alpha value is -2.24. The first-order valence-corrected chi connectivity index (χ1v) is 13.8. The van der Waals surface area contributed by atoms with Gasteiger partial charge in [0, 0.05) is 29.1 Å². The molecule has 0 unspecified atom stereocenters. The van der Waals surface area contributed by atoms with Crippen molar-refractivity contribution in [2.45, 2.75) is 64.2 Å². The van der Waals surface area contributed by atoms with Gasteiger partial charge in [-0.25, -0.2) is 18.1 Å². The summed E-state index contributed by atoms with van der Waals surface area (Å²) in [5.41, 5.74) is 2.67. The number of fused-ring (bicyclic) bond motifs is 1. The van der Waals surface area contributed by atoms with Crippen LogP contribution in [0.1, 0.15) is 51.1 Å². The van der Waals surface area contributed by atoms with Crippen LogP contribution >= 0.6 is 15.9 Å². The van der Waals surface area contributed by atoms with Gasteiger partial charge in [0.2, 0.25) is 16.0 Å². The summed E-state index contributed by atoms with van der Waals surface area (Å²) < 4.78 is 28.8. The fourth-order valence-electron chi connectivity index (χ4n) is 4.11. The predicted octanol–water partition coefficient (Wildman–Crippen LogP) is 4.05. The highest BCUT2D eigenvalue weighted by Gasteiger charge is 2.24. The molecule has 4 rings (SSSR count). The predicted molar refractivity (Wildman–Crippen MR) is 135 cm³/mol. The Morgan fingerprint density at radius 3 is 2.39 bits per heavy atom. The molecule has 11 heteroatoms. The zero-order chi connectivity index (χ0) is 23.6. The van der Waals surface area contributed by atoms with Crippen LogP contribution in [-0.4, -0.2) is 46.3 Å². The van der Waals surface area contributed by atoms with Crippen molar-refractivity contribution in [3.63, 3.8) is 0 Å². The van der Waals surface area contributed by atoms with Gasteiger partial charge >= 0.3 is 0 Å². The third kappa shape index (κ3) is 6.21. The lowest BCUT2D eigenvalue weighted by Crippen LogP contribution is -2.39. The highest BCUT2D eigenvalue weighted by Crippen LogP contribution is 2.26. The number of hydrogen-bond donors (Lipinski definition) is 3. The Morgan fingerprint density at radius 2 is 1.76 bits per heavy atom. The Balaban J connectivity index is 1.52. The molecular weight excluding hydrogens is 506 g/mol. The number of benzene rings is 1. The normalized spacial score (nSPS) is 19.2. The molecule has 1 aromatic carbocycles. The quantitative estimate of drug-likeness (QED) is 0.398. The van der Waals surface area contributed by atoms with E-state index in [0.717, 1.165) is 46.9 Å². The molecule has 2 heterocycles. The van der Waals surface area contributed by atoms with Gasteiger partial charge in [0.25, 0.3) is 0 Å². The first-order valence-electron chi connectivity index (χ1n) is 11.1. The second-order valence-electron chi connectivity index (χ2n) is 8.88. The fraction of sp³-hybridized carbons (Fsp3) is 0.500. The van der Waals surface area contributed by atoms with Gasteiger partial charge in [0.05, 0.1) is 12.6 Å². The van der Waals surface area contributed by atoms with Gasteiger partial charge < -0.3 is 15.2 Å². The molecule has 1 aliphatic carbocycles. The van der Waals surface area contributed by atoms with Crippen LogP contribution < -0.4 is 15.4 Å². The first kappa shape index (κ1) is 23.9. The molecule has 0 bridgehead atoms. The summed E-state index contributed by atoms with van der Waals surface area (Å²) in [6.45, 7) is 4.82. The number of halogens is 1. The summed E-state index contributed by atoms with van der Waals surface area (Å²) in [7, 11) is -3.18. The van der Waals surface area contributed by atoms with Gasteiger partial charge in [0.15, 0.2) is 17.0 Å². The van der Waals surface area contributed by atoms with Gasteiger partial charge in [-0.1, -0.05) is 28.1 Å². The fourth-order valence-corrected chi connectivity index (χ4v) is 5.22. The van der Waals surface area contributed by atoms with Crippen LogP contribution in [0.4, 0.5) is 11.8 Å². The van der Waals surface area contributed by atoms with E-state index in [1.165, 1.54) is 6.26 Å². The monoisotopic (exact) mass is 535 g/mol. The molecular formula is C22H30BrN7O2S. The number of aromatic nitrogens is 4. The summed E-state index contributed by atoms with van der Waals surface area (Å²) in [5, 5.41) is 6.90.